The van der Waals surface area contributed by atoms with Crippen molar-refractivity contribution >= 4 is 39.3 Å². The molecule has 1 N–H and O–H groups in total. The molecule has 0 saturated carbocycles. The molecule has 0 atom stereocenters. The second-order valence-electron chi connectivity index (χ2n) is 6.02. The van der Waals surface area contributed by atoms with E-state index < -0.39 is 22.0 Å². The zero-order valence-corrected chi connectivity index (χ0v) is 17.2. The fourth-order valence-electron chi connectivity index (χ4n) is 2.53. The van der Waals surface area contributed by atoms with Crippen molar-refractivity contribution in [2.75, 3.05) is 12.4 Å². The maximum absolute atomic E-state index is 12.7. The molecule has 1 amide bonds. The summed E-state index contributed by atoms with van der Waals surface area (Å²) < 4.78 is 35.3. The molecular weight excluding hydrogens is 430 g/mol. The minimum Gasteiger partial charge on any atom is -0.465 e. The Hall–Kier alpha value is -3.36. The second-order valence-corrected chi connectivity index (χ2v) is 8.00. The number of carbonyl (C=O) groups excluding carboxylic acids is 2. The van der Waals surface area contributed by atoms with Gasteiger partial charge in [-0.15, -0.1) is 0 Å². The number of amides is 1. The summed E-state index contributed by atoms with van der Waals surface area (Å²) >= 11 is 5.99. The minimum atomic E-state index is -4.35. The highest BCUT2D eigenvalue weighted by Crippen LogP contribution is 2.27. The highest BCUT2D eigenvalue weighted by molar-refractivity contribution is 7.87. The predicted octanol–water partition coefficient (Wildman–Crippen LogP) is 4.15. The monoisotopic (exact) mass is 445 g/mol. The van der Waals surface area contributed by atoms with Gasteiger partial charge in [0.05, 0.1) is 18.2 Å². The molecule has 0 aliphatic carbocycles. The van der Waals surface area contributed by atoms with Crippen LogP contribution in [0.25, 0.3) is 0 Å². The first-order valence-corrected chi connectivity index (χ1v) is 10.4. The fraction of sp³-hybridized carbons (Fsp3) is 0.0476. The number of carbonyl (C=O) groups is 2. The van der Waals surface area contributed by atoms with Gasteiger partial charge in [-0.3, -0.25) is 4.79 Å². The van der Waals surface area contributed by atoms with Crippen molar-refractivity contribution in [2.45, 2.75) is 4.90 Å². The zero-order chi connectivity index (χ0) is 21.7. The summed E-state index contributed by atoms with van der Waals surface area (Å²) in [5.41, 5.74) is 0.487. The van der Waals surface area contributed by atoms with E-state index in [1.54, 1.807) is 30.3 Å². The highest BCUT2D eigenvalue weighted by atomic mass is 35.5. The van der Waals surface area contributed by atoms with Crippen LogP contribution in [0, 0.1) is 0 Å². The Kier molecular flexibility index (Phi) is 6.39. The lowest BCUT2D eigenvalue weighted by Gasteiger charge is -2.13. The number of hydrogen-bond donors (Lipinski definition) is 1. The van der Waals surface area contributed by atoms with E-state index in [4.69, 9.17) is 15.8 Å². The predicted molar refractivity (Wildman–Crippen MR) is 111 cm³/mol. The molecule has 7 nitrogen and oxygen atoms in total. The van der Waals surface area contributed by atoms with E-state index in [0.717, 1.165) is 6.07 Å². The van der Waals surface area contributed by atoms with Crippen molar-refractivity contribution in [1.29, 1.82) is 0 Å². The van der Waals surface area contributed by atoms with Crippen molar-refractivity contribution in [3.05, 3.63) is 88.9 Å². The molecule has 0 unspecified atom stereocenters. The number of esters is 1. The van der Waals surface area contributed by atoms with Crippen molar-refractivity contribution in [1.82, 2.24) is 0 Å². The Balaban J connectivity index is 1.93. The van der Waals surface area contributed by atoms with Crippen LogP contribution in [-0.4, -0.2) is 27.4 Å². The average molecular weight is 446 g/mol. The third-order valence-corrected chi connectivity index (χ3v) is 5.43. The molecule has 0 radical (unpaired) electrons. The highest BCUT2D eigenvalue weighted by Gasteiger charge is 2.23. The first kappa shape index (κ1) is 21.4. The number of hydrogen-bond acceptors (Lipinski definition) is 6. The van der Waals surface area contributed by atoms with Gasteiger partial charge in [-0.2, -0.15) is 8.42 Å². The Morgan fingerprint density at radius 1 is 0.933 bits per heavy atom. The zero-order valence-electron chi connectivity index (χ0n) is 15.7. The average Bonchev–Trinajstić information content (AvgIpc) is 2.75. The Bertz CT molecular complexity index is 1200. The largest absolute Gasteiger partial charge is 0.465 e. The van der Waals surface area contributed by atoms with Crippen molar-refractivity contribution < 1.29 is 26.9 Å². The first-order chi connectivity index (χ1) is 14.3. The maximum atomic E-state index is 12.7. The van der Waals surface area contributed by atoms with Gasteiger partial charge in [-0.25, -0.2) is 4.79 Å². The summed E-state index contributed by atoms with van der Waals surface area (Å²) in [6.07, 6.45) is 0. The lowest BCUT2D eigenvalue weighted by Crippen LogP contribution is -2.17. The molecule has 0 spiro atoms. The molecule has 0 bridgehead atoms. The molecule has 3 aromatic carbocycles. The Labute approximate surface area is 178 Å². The number of anilines is 1. The van der Waals surface area contributed by atoms with E-state index in [1.165, 1.54) is 43.5 Å². The first-order valence-electron chi connectivity index (χ1n) is 8.59. The van der Waals surface area contributed by atoms with E-state index in [0.29, 0.717) is 5.69 Å². The van der Waals surface area contributed by atoms with E-state index in [9.17, 15) is 18.0 Å². The molecule has 0 fully saturated rings. The quantitative estimate of drug-likeness (QED) is 0.452. The minimum absolute atomic E-state index is 0.0420. The third kappa shape index (κ3) is 4.97. The fourth-order valence-corrected chi connectivity index (χ4v) is 3.70. The number of para-hydroxylation sites is 1. The molecule has 0 aliphatic rings. The van der Waals surface area contributed by atoms with Gasteiger partial charge in [0.15, 0.2) is 5.75 Å². The van der Waals surface area contributed by atoms with Gasteiger partial charge in [0.2, 0.25) is 0 Å². The SMILES string of the molecule is COC(=O)c1cccc(S(=O)(=O)Oc2ccc(Cl)cc2C(=O)Nc2ccccc2)c1. The van der Waals surface area contributed by atoms with E-state index in [1.807, 2.05) is 0 Å². The molecular formula is C21H16ClNO6S. The molecule has 154 valence electrons. The Morgan fingerprint density at radius 2 is 1.67 bits per heavy atom. The summed E-state index contributed by atoms with van der Waals surface area (Å²) in [5.74, 6) is -1.50. The third-order valence-electron chi connectivity index (χ3n) is 3.96. The normalized spacial score (nSPS) is 10.9. The summed E-state index contributed by atoms with van der Waals surface area (Å²) in [6, 6.07) is 17.8. The number of halogens is 1. The van der Waals surface area contributed by atoms with Gasteiger partial charge < -0.3 is 14.2 Å². The number of benzene rings is 3. The summed E-state index contributed by atoms with van der Waals surface area (Å²) in [7, 11) is -3.16. The van der Waals surface area contributed by atoms with E-state index >= 15 is 0 Å². The van der Waals surface area contributed by atoms with Crippen LogP contribution < -0.4 is 9.50 Å². The molecule has 3 aromatic rings. The smallest absolute Gasteiger partial charge is 0.339 e. The molecule has 30 heavy (non-hydrogen) atoms. The van der Waals surface area contributed by atoms with Gasteiger partial charge in [0.1, 0.15) is 4.90 Å². The van der Waals surface area contributed by atoms with E-state index in [-0.39, 0.29) is 26.8 Å². The molecule has 0 aliphatic heterocycles. The lowest BCUT2D eigenvalue weighted by molar-refractivity contribution is 0.0600. The number of ether oxygens (including phenoxy) is 1. The number of methoxy groups -OCH3 is 1. The maximum Gasteiger partial charge on any atom is 0.339 e. The molecule has 9 heteroatoms. The van der Waals surface area contributed by atoms with Crippen LogP contribution in [0.1, 0.15) is 20.7 Å². The van der Waals surface area contributed by atoms with Crippen LogP contribution in [0.15, 0.2) is 77.7 Å². The van der Waals surface area contributed by atoms with Gasteiger partial charge in [-0.1, -0.05) is 35.9 Å². The van der Waals surface area contributed by atoms with Crippen LogP contribution >= 0.6 is 11.6 Å². The molecule has 0 aromatic heterocycles. The number of nitrogens with one attached hydrogen (secondary N) is 1. The molecule has 3 rings (SSSR count). The second kappa shape index (κ2) is 8.98. The van der Waals surface area contributed by atoms with Gasteiger partial charge in [-0.05, 0) is 48.5 Å². The van der Waals surface area contributed by atoms with Crippen LogP contribution in [0.4, 0.5) is 5.69 Å². The van der Waals surface area contributed by atoms with Crippen LogP contribution in [0.5, 0.6) is 5.75 Å². The van der Waals surface area contributed by atoms with Crippen molar-refractivity contribution in [3.8, 4) is 5.75 Å². The summed E-state index contributed by atoms with van der Waals surface area (Å²) in [5, 5.41) is 2.88. The van der Waals surface area contributed by atoms with Crippen molar-refractivity contribution in [2.24, 2.45) is 0 Å². The molecule has 0 heterocycles. The van der Waals surface area contributed by atoms with Crippen molar-refractivity contribution in [3.63, 3.8) is 0 Å². The van der Waals surface area contributed by atoms with E-state index in [2.05, 4.69) is 10.1 Å². The van der Waals surface area contributed by atoms with Crippen LogP contribution in [-0.2, 0) is 14.9 Å². The van der Waals surface area contributed by atoms with Crippen LogP contribution in [0.3, 0.4) is 0 Å². The van der Waals surface area contributed by atoms with Crippen LogP contribution in [0.2, 0.25) is 5.02 Å². The summed E-state index contributed by atoms with van der Waals surface area (Å²) in [6.45, 7) is 0. The lowest BCUT2D eigenvalue weighted by atomic mass is 10.2. The van der Waals surface area contributed by atoms with Gasteiger partial charge in [0, 0.05) is 10.7 Å². The number of rotatable bonds is 6. The summed E-state index contributed by atoms with van der Waals surface area (Å²) in [4.78, 5) is 24.1. The van der Waals surface area contributed by atoms with Gasteiger partial charge >= 0.3 is 16.1 Å². The standard InChI is InChI=1S/C21H16ClNO6S/c1-28-21(25)14-6-5-9-17(12-14)30(26,27)29-19-11-10-15(22)13-18(19)20(24)23-16-7-3-2-4-8-16/h2-13H,1H3,(H,23,24). The topological polar surface area (TPSA) is 98.8 Å². The van der Waals surface area contributed by atoms with Gasteiger partial charge in [0.25, 0.3) is 5.91 Å². The molecule has 0 saturated heterocycles. The Morgan fingerprint density at radius 3 is 2.37 bits per heavy atom.